The van der Waals surface area contributed by atoms with E-state index in [0.717, 1.165) is 23.2 Å². The van der Waals surface area contributed by atoms with Crippen molar-refractivity contribution >= 4 is 16.8 Å². The molecule has 0 fully saturated rings. The van der Waals surface area contributed by atoms with Crippen molar-refractivity contribution in [2.75, 3.05) is 0 Å². The summed E-state index contributed by atoms with van der Waals surface area (Å²) in [6.07, 6.45) is 2.39. The molecule has 0 radical (unpaired) electrons. The Labute approximate surface area is 108 Å². The first-order valence-electron chi connectivity index (χ1n) is 5.80. The van der Waals surface area contributed by atoms with Gasteiger partial charge in [-0.05, 0) is 19.1 Å². The van der Waals surface area contributed by atoms with Crippen molar-refractivity contribution in [3.63, 3.8) is 0 Å². The number of halogens is 1. The van der Waals surface area contributed by atoms with E-state index in [1.807, 2.05) is 25.1 Å². The van der Waals surface area contributed by atoms with Crippen LogP contribution in [0, 0.1) is 12.7 Å². The predicted molar refractivity (Wildman–Crippen MR) is 68.6 cm³/mol. The minimum atomic E-state index is -0.542. The van der Waals surface area contributed by atoms with Crippen LogP contribution in [0.25, 0.3) is 11.0 Å². The molecule has 0 aliphatic carbocycles. The van der Waals surface area contributed by atoms with Crippen molar-refractivity contribution in [3.05, 3.63) is 65.4 Å². The molecule has 3 nitrogen and oxygen atoms in total. The van der Waals surface area contributed by atoms with E-state index in [0.29, 0.717) is 5.58 Å². The van der Waals surface area contributed by atoms with Gasteiger partial charge in [-0.25, -0.2) is 4.39 Å². The van der Waals surface area contributed by atoms with Gasteiger partial charge in [-0.3, -0.25) is 9.78 Å². The lowest BCUT2D eigenvalue weighted by Gasteiger charge is -1.98. The summed E-state index contributed by atoms with van der Waals surface area (Å²) in [4.78, 5) is 16.0. The molecule has 19 heavy (non-hydrogen) atoms. The number of aryl methyl sites for hydroxylation is 1. The second-order valence-corrected chi connectivity index (χ2v) is 4.27. The zero-order chi connectivity index (χ0) is 13.4. The second-order valence-electron chi connectivity index (χ2n) is 4.27. The molecule has 0 atom stereocenters. The zero-order valence-electron chi connectivity index (χ0n) is 10.2. The first-order valence-corrected chi connectivity index (χ1v) is 5.80. The molecule has 0 aliphatic heterocycles. The molecule has 0 N–H and O–H groups in total. The maximum Gasteiger partial charge on any atom is 0.230 e. The molecule has 3 aromatic rings. The summed E-state index contributed by atoms with van der Waals surface area (Å²) in [6.45, 7) is 1.81. The molecule has 4 heteroatoms. The van der Waals surface area contributed by atoms with Crippen LogP contribution in [-0.4, -0.2) is 10.8 Å². The number of ketones is 1. The highest BCUT2D eigenvalue weighted by Crippen LogP contribution is 2.26. The summed E-state index contributed by atoms with van der Waals surface area (Å²) >= 11 is 0. The second kappa shape index (κ2) is 4.31. The molecule has 3 rings (SSSR count). The number of carbonyl (C=O) groups excluding carboxylic acids is 1. The number of hydrogen-bond acceptors (Lipinski definition) is 3. The summed E-state index contributed by atoms with van der Waals surface area (Å²) in [5.74, 6) is -0.672. The number of aromatic nitrogens is 1. The summed E-state index contributed by atoms with van der Waals surface area (Å²) < 4.78 is 18.7. The number of hydrogen-bond donors (Lipinski definition) is 0. The number of nitrogens with zero attached hydrogens (tertiary/aromatic N) is 1. The third kappa shape index (κ3) is 1.91. The van der Waals surface area contributed by atoms with Crippen LogP contribution in [0.1, 0.15) is 21.7 Å². The first-order chi connectivity index (χ1) is 9.16. The Morgan fingerprint density at radius 1 is 1.26 bits per heavy atom. The highest BCUT2D eigenvalue weighted by Gasteiger charge is 2.19. The van der Waals surface area contributed by atoms with Crippen LogP contribution < -0.4 is 0 Å². The number of furan rings is 1. The van der Waals surface area contributed by atoms with Crippen molar-refractivity contribution in [1.29, 1.82) is 0 Å². The Hall–Kier alpha value is -2.49. The van der Waals surface area contributed by atoms with Crippen LogP contribution in [0.3, 0.4) is 0 Å². The Balaban J connectivity index is 2.14. The van der Waals surface area contributed by atoms with Crippen LogP contribution in [0.5, 0.6) is 0 Å². The van der Waals surface area contributed by atoms with E-state index >= 15 is 0 Å². The lowest BCUT2D eigenvalue weighted by Crippen LogP contribution is -2.02. The van der Waals surface area contributed by atoms with Gasteiger partial charge in [-0.15, -0.1) is 0 Å². The lowest BCUT2D eigenvalue weighted by molar-refractivity contribution is 0.101. The molecular formula is C15H10FNO2. The fraction of sp³-hybridized carbons (Fsp3) is 0.0667. The minimum Gasteiger partial charge on any atom is -0.452 e. The van der Waals surface area contributed by atoms with Crippen LogP contribution in [0.15, 0.2) is 47.1 Å². The van der Waals surface area contributed by atoms with Gasteiger partial charge in [0.1, 0.15) is 11.4 Å². The average molecular weight is 255 g/mol. The first kappa shape index (κ1) is 11.6. The van der Waals surface area contributed by atoms with Gasteiger partial charge < -0.3 is 4.42 Å². The third-order valence-corrected chi connectivity index (χ3v) is 3.02. The number of fused-ring (bicyclic) bond motifs is 1. The van der Waals surface area contributed by atoms with E-state index < -0.39 is 5.82 Å². The zero-order valence-corrected chi connectivity index (χ0v) is 10.2. The molecule has 0 bridgehead atoms. The van der Waals surface area contributed by atoms with Crippen molar-refractivity contribution in [2.24, 2.45) is 0 Å². The summed E-state index contributed by atoms with van der Waals surface area (Å²) in [6, 6.07) is 8.55. The highest BCUT2D eigenvalue weighted by molar-refractivity contribution is 6.10. The smallest absolute Gasteiger partial charge is 0.230 e. The van der Waals surface area contributed by atoms with Crippen molar-refractivity contribution in [1.82, 2.24) is 4.98 Å². The molecule has 2 aromatic heterocycles. The fourth-order valence-corrected chi connectivity index (χ4v) is 2.06. The summed E-state index contributed by atoms with van der Waals surface area (Å²) in [5, 5.41) is 0.884. The number of pyridine rings is 1. The summed E-state index contributed by atoms with van der Waals surface area (Å²) in [5.41, 5.74) is 1.58. The molecule has 0 saturated carbocycles. The molecule has 2 heterocycles. The van der Waals surface area contributed by atoms with Crippen molar-refractivity contribution in [3.8, 4) is 0 Å². The van der Waals surface area contributed by atoms with Crippen molar-refractivity contribution in [2.45, 2.75) is 6.92 Å². The van der Waals surface area contributed by atoms with Gasteiger partial charge in [0.15, 0.2) is 5.76 Å². The quantitative estimate of drug-likeness (QED) is 0.658. The molecular weight excluding hydrogens is 245 g/mol. The standard InChI is InChI=1S/C15H10FNO2/c1-9-12-4-2-3-5-13(12)19-15(9)14(18)10-6-11(16)8-17-7-10/h2-8H,1H3. The van der Waals surface area contributed by atoms with E-state index in [-0.39, 0.29) is 17.1 Å². The Morgan fingerprint density at radius 2 is 2.05 bits per heavy atom. The van der Waals surface area contributed by atoms with E-state index in [4.69, 9.17) is 4.42 Å². The molecule has 0 spiro atoms. The molecule has 94 valence electrons. The number of benzene rings is 1. The Morgan fingerprint density at radius 3 is 2.79 bits per heavy atom. The van der Waals surface area contributed by atoms with Gasteiger partial charge >= 0.3 is 0 Å². The molecule has 0 unspecified atom stereocenters. The number of rotatable bonds is 2. The third-order valence-electron chi connectivity index (χ3n) is 3.02. The molecule has 0 aliphatic rings. The van der Waals surface area contributed by atoms with Gasteiger partial charge in [0.25, 0.3) is 0 Å². The topological polar surface area (TPSA) is 43.1 Å². The van der Waals surface area contributed by atoms with Gasteiger partial charge in [-0.1, -0.05) is 18.2 Å². The van der Waals surface area contributed by atoms with Gasteiger partial charge in [0, 0.05) is 22.7 Å². The van der Waals surface area contributed by atoms with E-state index in [9.17, 15) is 9.18 Å². The molecule has 1 aromatic carbocycles. The van der Waals surface area contributed by atoms with Gasteiger partial charge in [-0.2, -0.15) is 0 Å². The van der Waals surface area contributed by atoms with E-state index in [1.165, 1.54) is 6.20 Å². The lowest BCUT2D eigenvalue weighted by atomic mass is 10.1. The van der Waals surface area contributed by atoms with Gasteiger partial charge in [0.05, 0.1) is 6.20 Å². The highest BCUT2D eigenvalue weighted by atomic mass is 19.1. The number of carbonyl (C=O) groups is 1. The molecule has 0 saturated heterocycles. The molecule has 0 amide bonds. The summed E-state index contributed by atoms with van der Waals surface area (Å²) in [7, 11) is 0. The maximum absolute atomic E-state index is 13.1. The van der Waals surface area contributed by atoms with Crippen LogP contribution in [0.2, 0.25) is 0 Å². The predicted octanol–water partition coefficient (Wildman–Crippen LogP) is 3.51. The Kier molecular flexibility index (Phi) is 2.63. The van der Waals surface area contributed by atoms with Crippen LogP contribution >= 0.6 is 0 Å². The van der Waals surface area contributed by atoms with Crippen LogP contribution in [0.4, 0.5) is 4.39 Å². The van der Waals surface area contributed by atoms with Gasteiger partial charge in [0.2, 0.25) is 5.78 Å². The Bertz CT molecular complexity index is 777. The number of para-hydroxylation sites is 1. The monoisotopic (exact) mass is 255 g/mol. The van der Waals surface area contributed by atoms with Crippen molar-refractivity contribution < 1.29 is 13.6 Å². The SMILES string of the molecule is Cc1c(C(=O)c2cncc(F)c2)oc2ccccc12. The van der Waals surface area contributed by atoms with E-state index in [1.54, 1.807) is 6.07 Å². The fourth-order valence-electron chi connectivity index (χ4n) is 2.06. The average Bonchev–Trinajstić information content (AvgIpc) is 2.76. The largest absolute Gasteiger partial charge is 0.452 e. The minimum absolute atomic E-state index is 0.183. The maximum atomic E-state index is 13.1. The van der Waals surface area contributed by atoms with E-state index in [2.05, 4.69) is 4.98 Å². The normalized spacial score (nSPS) is 10.8. The van der Waals surface area contributed by atoms with Crippen LogP contribution in [-0.2, 0) is 0 Å².